The van der Waals surface area contributed by atoms with Gasteiger partial charge in [-0.2, -0.15) is 5.10 Å². The van der Waals surface area contributed by atoms with Crippen molar-refractivity contribution in [3.05, 3.63) is 23.1 Å². The van der Waals surface area contributed by atoms with E-state index >= 15 is 0 Å². The first-order valence-corrected chi connectivity index (χ1v) is 4.90. The van der Waals surface area contributed by atoms with E-state index in [1.54, 1.807) is 0 Å². The molecule has 0 fully saturated rings. The van der Waals surface area contributed by atoms with Crippen molar-refractivity contribution in [1.29, 1.82) is 0 Å². The van der Waals surface area contributed by atoms with Crippen LogP contribution in [0.3, 0.4) is 0 Å². The first-order valence-electron chi connectivity index (χ1n) is 4.52. The molecular formula is C9H7ClN4O3. The van der Waals surface area contributed by atoms with Gasteiger partial charge in [-0.15, -0.1) is 0 Å². The third-order valence-corrected chi connectivity index (χ3v) is 2.33. The molecule has 0 saturated heterocycles. The largest absolute Gasteiger partial charge is 0.480 e. The second-order valence-corrected chi connectivity index (χ2v) is 3.68. The van der Waals surface area contributed by atoms with Crippen LogP contribution in [0.15, 0.2) is 12.3 Å². The number of nitrogens with two attached hydrogens (primary N) is 1. The van der Waals surface area contributed by atoms with Crippen molar-refractivity contribution in [2.24, 2.45) is 5.73 Å². The van der Waals surface area contributed by atoms with Gasteiger partial charge >= 0.3 is 5.97 Å². The highest BCUT2D eigenvalue weighted by molar-refractivity contribution is 6.30. The number of hydrogen-bond donors (Lipinski definition) is 2. The van der Waals surface area contributed by atoms with Crippen molar-refractivity contribution in [2.45, 2.75) is 6.54 Å². The lowest BCUT2D eigenvalue weighted by Gasteiger charge is -1.97. The molecule has 17 heavy (non-hydrogen) atoms. The van der Waals surface area contributed by atoms with Crippen molar-refractivity contribution >= 4 is 34.4 Å². The summed E-state index contributed by atoms with van der Waals surface area (Å²) in [5.74, 6) is -1.83. The van der Waals surface area contributed by atoms with E-state index in [1.165, 1.54) is 12.3 Å². The molecule has 0 aliphatic heterocycles. The number of carbonyl (C=O) groups is 2. The number of carbonyl (C=O) groups excluding carboxylic acids is 1. The van der Waals surface area contributed by atoms with Gasteiger partial charge in [0, 0.05) is 5.39 Å². The molecule has 3 N–H and O–H groups in total. The SMILES string of the molecule is NC(=O)c1nn(CC(=O)O)c2cnc(Cl)cc12. The molecule has 7 nitrogen and oxygen atoms in total. The molecule has 0 aromatic carbocycles. The van der Waals surface area contributed by atoms with E-state index in [0.717, 1.165) is 4.68 Å². The zero-order chi connectivity index (χ0) is 12.6. The Morgan fingerprint density at radius 2 is 2.24 bits per heavy atom. The molecule has 2 aromatic rings. The number of rotatable bonds is 3. The van der Waals surface area contributed by atoms with Gasteiger partial charge in [0.25, 0.3) is 5.91 Å². The molecule has 0 bridgehead atoms. The molecule has 2 rings (SSSR count). The maximum atomic E-state index is 11.2. The summed E-state index contributed by atoms with van der Waals surface area (Å²) in [4.78, 5) is 25.6. The van der Waals surface area contributed by atoms with Crippen LogP contribution in [0.4, 0.5) is 0 Å². The molecule has 2 heterocycles. The van der Waals surface area contributed by atoms with Gasteiger partial charge in [0.2, 0.25) is 0 Å². The molecule has 0 atom stereocenters. The molecular weight excluding hydrogens is 248 g/mol. The van der Waals surface area contributed by atoms with Crippen molar-refractivity contribution in [1.82, 2.24) is 14.8 Å². The van der Waals surface area contributed by atoms with Gasteiger partial charge in [-0.05, 0) is 6.07 Å². The molecule has 88 valence electrons. The van der Waals surface area contributed by atoms with Crippen LogP contribution in [-0.2, 0) is 11.3 Å². The van der Waals surface area contributed by atoms with E-state index in [4.69, 9.17) is 22.4 Å². The minimum absolute atomic E-state index is 0.0226. The summed E-state index contributed by atoms with van der Waals surface area (Å²) >= 11 is 5.69. The van der Waals surface area contributed by atoms with Crippen LogP contribution in [0.25, 0.3) is 10.9 Å². The smallest absolute Gasteiger partial charge is 0.325 e. The number of halogens is 1. The summed E-state index contributed by atoms with van der Waals surface area (Å²) in [6, 6.07) is 1.42. The lowest BCUT2D eigenvalue weighted by atomic mass is 10.2. The molecule has 0 aliphatic rings. The number of pyridine rings is 1. The number of amides is 1. The topological polar surface area (TPSA) is 111 Å². The monoisotopic (exact) mass is 254 g/mol. The van der Waals surface area contributed by atoms with Crippen LogP contribution in [0.1, 0.15) is 10.5 Å². The fourth-order valence-electron chi connectivity index (χ4n) is 1.48. The van der Waals surface area contributed by atoms with Crippen molar-refractivity contribution in [3.63, 3.8) is 0 Å². The fourth-order valence-corrected chi connectivity index (χ4v) is 1.64. The Kier molecular flexibility index (Phi) is 2.68. The van der Waals surface area contributed by atoms with E-state index in [-0.39, 0.29) is 17.4 Å². The van der Waals surface area contributed by atoms with E-state index < -0.39 is 11.9 Å². The number of nitrogens with zero attached hydrogens (tertiary/aromatic N) is 3. The maximum Gasteiger partial charge on any atom is 0.325 e. The summed E-state index contributed by atoms with van der Waals surface area (Å²) in [6.07, 6.45) is 1.35. The number of carboxylic acid groups (broad SMARTS) is 1. The van der Waals surface area contributed by atoms with Crippen molar-refractivity contribution < 1.29 is 14.7 Å². The number of aliphatic carboxylic acids is 1. The number of primary amides is 1. The second kappa shape index (κ2) is 4.02. The number of hydrogen-bond acceptors (Lipinski definition) is 4. The standard InChI is InChI=1S/C9H7ClN4O3/c10-6-1-4-5(2-12-6)14(3-7(15)16)13-8(4)9(11)17/h1-2H,3H2,(H2,11,17)(H,15,16). The summed E-state index contributed by atoms with van der Waals surface area (Å²) < 4.78 is 1.14. The third kappa shape index (κ3) is 2.04. The molecule has 0 radical (unpaired) electrons. The highest BCUT2D eigenvalue weighted by Crippen LogP contribution is 2.20. The Bertz CT molecular complexity index is 622. The van der Waals surface area contributed by atoms with Crippen LogP contribution in [0, 0.1) is 0 Å². The Hall–Kier alpha value is -2.15. The highest BCUT2D eigenvalue weighted by atomic mass is 35.5. The van der Waals surface area contributed by atoms with Gasteiger partial charge in [0.1, 0.15) is 11.7 Å². The zero-order valence-electron chi connectivity index (χ0n) is 8.42. The Morgan fingerprint density at radius 1 is 1.53 bits per heavy atom. The van der Waals surface area contributed by atoms with E-state index in [2.05, 4.69) is 10.1 Å². The molecule has 0 spiro atoms. The number of fused-ring (bicyclic) bond motifs is 1. The summed E-state index contributed by atoms with van der Waals surface area (Å²) in [5, 5.41) is 13.1. The van der Waals surface area contributed by atoms with Crippen LogP contribution < -0.4 is 5.73 Å². The van der Waals surface area contributed by atoms with E-state index in [9.17, 15) is 9.59 Å². The maximum absolute atomic E-state index is 11.2. The van der Waals surface area contributed by atoms with E-state index in [1.807, 2.05) is 0 Å². The van der Waals surface area contributed by atoms with Crippen molar-refractivity contribution in [2.75, 3.05) is 0 Å². The quantitative estimate of drug-likeness (QED) is 0.764. The lowest BCUT2D eigenvalue weighted by Crippen LogP contribution is -2.14. The third-order valence-electron chi connectivity index (χ3n) is 2.12. The van der Waals surface area contributed by atoms with Gasteiger partial charge in [-0.3, -0.25) is 14.3 Å². The van der Waals surface area contributed by atoms with Gasteiger partial charge in [-0.1, -0.05) is 11.6 Å². The van der Waals surface area contributed by atoms with Gasteiger partial charge in [-0.25, -0.2) is 4.98 Å². The number of carboxylic acids is 1. The minimum Gasteiger partial charge on any atom is -0.480 e. The molecule has 0 aliphatic carbocycles. The fraction of sp³-hybridized carbons (Fsp3) is 0.111. The number of aromatic nitrogens is 3. The van der Waals surface area contributed by atoms with E-state index in [0.29, 0.717) is 10.9 Å². The highest BCUT2D eigenvalue weighted by Gasteiger charge is 2.16. The normalized spacial score (nSPS) is 10.6. The predicted octanol–water partition coefficient (Wildman–Crippen LogP) is 0.268. The zero-order valence-corrected chi connectivity index (χ0v) is 9.18. The summed E-state index contributed by atoms with van der Waals surface area (Å²) in [6.45, 7) is -0.382. The predicted molar refractivity (Wildman–Crippen MR) is 58.7 cm³/mol. The first-order chi connectivity index (χ1) is 7.99. The molecule has 1 amide bonds. The Morgan fingerprint density at radius 3 is 2.82 bits per heavy atom. The van der Waals surface area contributed by atoms with Gasteiger partial charge in [0.15, 0.2) is 5.69 Å². The minimum atomic E-state index is -1.08. The van der Waals surface area contributed by atoms with Gasteiger partial charge < -0.3 is 10.8 Å². The molecule has 0 saturated carbocycles. The molecule has 0 unspecified atom stereocenters. The average Bonchev–Trinajstić information content (AvgIpc) is 2.55. The second-order valence-electron chi connectivity index (χ2n) is 3.29. The van der Waals surface area contributed by atoms with Crippen LogP contribution in [0.2, 0.25) is 5.15 Å². The molecule has 8 heteroatoms. The van der Waals surface area contributed by atoms with Crippen LogP contribution >= 0.6 is 11.6 Å². The van der Waals surface area contributed by atoms with Crippen LogP contribution in [0.5, 0.6) is 0 Å². The summed E-state index contributed by atoms with van der Waals surface area (Å²) in [7, 11) is 0. The van der Waals surface area contributed by atoms with Gasteiger partial charge in [0.05, 0.1) is 11.7 Å². The first kappa shape index (κ1) is 11.3. The average molecular weight is 255 g/mol. The summed E-state index contributed by atoms with van der Waals surface area (Å²) in [5.41, 5.74) is 5.52. The molecule has 2 aromatic heterocycles. The lowest BCUT2D eigenvalue weighted by molar-refractivity contribution is -0.137. The Balaban J connectivity index is 2.70. The Labute approximate surface area is 99.8 Å². The van der Waals surface area contributed by atoms with Crippen molar-refractivity contribution in [3.8, 4) is 0 Å². The van der Waals surface area contributed by atoms with Crippen LogP contribution in [-0.4, -0.2) is 31.7 Å².